The van der Waals surface area contributed by atoms with E-state index in [2.05, 4.69) is 28.2 Å². The highest BCUT2D eigenvalue weighted by Gasteiger charge is 2.34. The zero-order valence-electron chi connectivity index (χ0n) is 10.4. The molecule has 1 aromatic carbocycles. The van der Waals surface area contributed by atoms with Gasteiger partial charge >= 0.3 is 0 Å². The lowest BCUT2D eigenvalue weighted by atomic mass is 9.82. The number of nitrogens with one attached hydrogen (secondary N) is 1. The molecule has 0 radical (unpaired) electrons. The number of benzene rings is 1. The van der Waals surface area contributed by atoms with Crippen LogP contribution in [0.4, 0.5) is 4.39 Å². The first-order valence-corrected chi connectivity index (χ1v) is 6.93. The van der Waals surface area contributed by atoms with Crippen LogP contribution in [0.3, 0.4) is 0 Å². The highest BCUT2D eigenvalue weighted by Crippen LogP contribution is 2.41. The smallest absolute Gasteiger partial charge is 0.123 e. The average molecular weight is 300 g/mol. The zero-order chi connectivity index (χ0) is 12.5. The lowest BCUT2D eigenvalue weighted by molar-refractivity contribution is 0.323. The highest BCUT2D eigenvalue weighted by molar-refractivity contribution is 9.10. The molecule has 0 bridgehead atoms. The van der Waals surface area contributed by atoms with Gasteiger partial charge in [-0.3, -0.25) is 0 Å². The quantitative estimate of drug-likeness (QED) is 0.892. The van der Waals surface area contributed by atoms with Gasteiger partial charge in [0, 0.05) is 10.5 Å². The van der Waals surface area contributed by atoms with Crippen LogP contribution < -0.4 is 5.32 Å². The Labute approximate surface area is 111 Å². The molecule has 2 unspecified atom stereocenters. The third-order valence-electron chi connectivity index (χ3n) is 3.87. The molecule has 17 heavy (non-hydrogen) atoms. The van der Waals surface area contributed by atoms with Gasteiger partial charge in [-0.15, -0.1) is 0 Å². The van der Waals surface area contributed by atoms with Crippen molar-refractivity contribution in [2.45, 2.75) is 38.6 Å². The van der Waals surface area contributed by atoms with Crippen LogP contribution in [0, 0.1) is 11.2 Å². The first kappa shape index (κ1) is 13.0. The standard InChI is InChI=1S/C14H19BrFN/c1-14(6-5-12(9-14)17-2)8-10-7-11(16)3-4-13(10)15/h3-4,7,12,17H,5-6,8-9H2,1-2H3. The van der Waals surface area contributed by atoms with Crippen molar-refractivity contribution in [3.8, 4) is 0 Å². The van der Waals surface area contributed by atoms with Crippen LogP contribution in [0.5, 0.6) is 0 Å². The Kier molecular flexibility index (Phi) is 3.88. The Balaban J connectivity index is 2.13. The summed E-state index contributed by atoms with van der Waals surface area (Å²) in [5, 5.41) is 3.35. The van der Waals surface area contributed by atoms with Crippen molar-refractivity contribution in [1.29, 1.82) is 0 Å². The Morgan fingerprint density at radius 2 is 2.29 bits per heavy atom. The summed E-state index contributed by atoms with van der Waals surface area (Å²) in [6.45, 7) is 2.31. The van der Waals surface area contributed by atoms with E-state index in [0.29, 0.717) is 11.5 Å². The number of hydrogen-bond donors (Lipinski definition) is 1. The maximum absolute atomic E-state index is 13.3. The van der Waals surface area contributed by atoms with Gasteiger partial charge in [-0.05, 0) is 61.9 Å². The van der Waals surface area contributed by atoms with Gasteiger partial charge in [-0.25, -0.2) is 4.39 Å². The molecule has 0 aliphatic heterocycles. The monoisotopic (exact) mass is 299 g/mol. The first-order valence-electron chi connectivity index (χ1n) is 6.14. The molecule has 2 atom stereocenters. The normalized spacial score (nSPS) is 28.6. The van der Waals surface area contributed by atoms with E-state index >= 15 is 0 Å². The minimum absolute atomic E-state index is 0.144. The lowest BCUT2D eigenvalue weighted by Crippen LogP contribution is -2.24. The van der Waals surface area contributed by atoms with Gasteiger partial charge in [0.25, 0.3) is 0 Å². The molecule has 0 saturated heterocycles. The Bertz CT molecular complexity index is 407. The van der Waals surface area contributed by atoms with E-state index in [1.165, 1.54) is 25.3 Å². The predicted octanol–water partition coefficient (Wildman–Crippen LogP) is 3.91. The molecule has 0 aromatic heterocycles. The second-order valence-electron chi connectivity index (χ2n) is 5.45. The van der Waals surface area contributed by atoms with Crippen LogP contribution in [-0.4, -0.2) is 13.1 Å². The Morgan fingerprint density at radius 3 is 2.94 bits per heavy atom. The number of hydrogen-bond acceptors (Lipinski definition) is 1. The molecule has 94 valence electrons. The molecule has 1 N–H and O–H groups in total. The molecule has 1 fully saturated rings. The minimum atomic E-state index is -0.144. The summed E-state index contributed by atoms with van der Waals surface area (Å²) in [5.41, 5.74) is 1.38. The second-order valence-corrected chi connectivity index (χ2v) is 6.31. The van der Waals surface area contributed by atoms with E-state index in [1.54, 1.807) is 12.1 Å². The summed E-state index contributed by atoms with van der Waals surface area (Å²) in [7, 11) is 2.02. The van der Waals surface area contributed by atoms with Crippen molar-refractivity contribution in [1.82, 2.24) is 5.32 Å². The van der Waals surface area contributed by atoms with Gasteiger partial charge in [0.15, 0.2) is 0 Å². The molecule has 1 aliphatic rings. The van der Waals surface area contributed by atoms with Gasteiger partial charge < -0.3 is 5.32 Å². The van der Waals surface area contributed by atoms with Crippen molar-refractivity contribution in [3.63, 3.8) is 0 Å². The van der Waals surface area contributed by atoms with Gasteiger partial charge in [0.05, 0.1) is 0 Å². The van der Waals surface area contributed by atoms with Gasteiger partial charge in [0.2, 0.25) is 0 Å². The van der Waals surface area contributed by atoms with Crippen LogP contribution in [0.2, 0.25) is 0 Å². The summed E-state index contributed by atoms with van der Waals surface area (Å²) < 4.78 is 14.3. The number of rotatable bonds is 3. The van der Waals surface area contributed by atoms with Crippen LogP contribution in [0.1, 0.15) is 31.7 Å². The van der Waals surface area contributed by atoms with E-state index in [4.69, 9.17) is 0 Å². The fourth-order valence-electron chi connectivity index (χ4n) is 2.87. The second kappa shape index (κ2) is 5.07. The fraction of sp³-hybridized carbons (Fsp3) is 0.571. The Hall–Kier alpha value is -0.410. The van der Waals surface area contributed by atoms with Crippen molar-refractivity contribution < 1.29 is 4.39 Å². The van der Waals surface area contributed by atoms with Crippen molar-refractivity contribution in [2.24, 2.45) is 5.41 Å². The molecule has 0 spiro atoms. The van der Waals surface area contributed by atoms with Crippen LogP contribution in [-0.2, 0) is 6.42 Å². The van der Waals surface area contributed by atoms with Gasteiger partial charge in [-0.2, -0.15) is 0 Å². The molecule has 1 aliphatic carbocycles. The third kappa shape index (κ3) is 3.08. The summed E-state index contributed by atoms with van der Waals surface area (Å²) in [5.74, 6) is -0.144. The fourth-order valence-corrected chi connectivity index (χ4v) is 3.25. The zero-order valence-corrected chi connectivity index (χ0v) is 12.0. The van der Waals surface area contributed by atoms with Crippen LogP contribution >= 0.6 is 15.9 Å². The summed E-state index contributed by atoms with van der Waals surface area (Å²) in [6, 6.07) is 5.58. The predicted molar refractivity (Wildman–Crippen MR) is 72.6 cm³/mol. The Morgan fingerprint density at radius 1 is 1.53 bits per heavy atom. The molecule has 1 saturated carbocycles. The largest absolute Gasteiger partial charge is 0.317 e. The van der Waals surface area contributed by atoms with Crippen LogP contribution in [0.25, 0.3) is 0 Å². The summed E-state index contributed by atoms with van der Waals surface area (Å²) in [6.07, 6.45) is 4.55. The molecular formula is C14H19BrFN. The van der Waals surface area contributed by atoms with Crippen molar-refractivity contribution >= 4 is 15.9 Å². The topological polar surface area (TPSA) is 12.0 Å². The van der Waals surface area contributed by atoms with Crippen molar-refractivity contribution in [3.05, 3.63) is 34.1 Å². The molecule has 2 rings (SSSR count). The van der Waals surface area contributed by atoms with E-state index in [-0.39, 0.29) is 5.82 Å². The molecule has 0 amide bonds. The summed E-state index contributed by atoms with van der Waals surface area (Å²) in [4.78, 5) is 0. The molecule has 0 heterocycles. The van der Waals surface area contributed by atoms with E-state index in [0.717, 1.165) is 16.5 Å². The SMILES string of the molecule is CNC1CCC(C)(Cc2cc(F)ccc2Br)C1. The first-order chi connectivity index (χ1) is 8.02. The van der Waals surface area contributed by atoms with Gasteiger partial charge in [-0.1, -0.05) is 22.9 Å². The molecule has 3 heteroatoms. The molecular weight excluding hydrogens is 281 g/mol. The maximum Gasteiger partial charge on any atom is 0.123 e. The van der Waals surface area contributed by atoms with Gasteiger partial charge in [0.1, 0.15) is 5.82 Å². The lowest BCUT2D eigenvalue weighted by Gasteiger charge is -2.25. The maximum atomic E-state index is 13.3. The average Bonchev–Trinajstić information content (AvgIpc) is 2.66. The van der Waals surface area contributed by atoms with E-state index in [1.807, 2.05) is 7.05 Å². The highest BCUT2D eigenvalue weighted by atomic mass is 79.9. The molecule has 1 nitrogen and oxygen atoms in total. The van der Waals surface area contributed by atoms with Crippen molar-refractivity contribution in [2.75, 3.05) is 7.05 Å². The third-order valence-corrected chi connectivity index (χ3v) is 4.64. The summed E-state index contributed by atoms with van der Waals surface area (Å²) >= 11 is 3.51. The van der Waals surface area contributed by atoms with Crippen LogP contribution in [0.15, 0.2) is 22.7 Å². The van der Waals surface area contributed by atoms with E-state index in [9.17, 15) is 4.39 Å². The molecule has 1 aromatic rings. The number of halogens is 2. The minimum Gasteiger partial charge on any atom is -0.317 e. The van der Waals surface area contributed by atoms with E-state index < -0.39 is 0 Å².